The smallest absolute Gasteiger partial charge is 0.285 e. The fourth-order valence-corrected chi connectivity index (χ4v) is 0.939. The zero-order valence-electron chi connectivity index (χ0n) is 5.93. The Balaban J connectivity index is 2.76. The molecule has 4 heteroatoms. The van der Waals surface area contributed by atoms with Crippen LogP contribution in [0, 0.1) is 0 Å². The number of rotatable bonds is 2. The van der Waals surface area contributed by atoms with Gasteiger partial charge in [0.15, 0.2) is 0 Å². The Morgan fingerprint density at radius 1 is 1.58 bits per heavy atom. The first kappa shape index (κ1) is 9.55. The molecule has 0 spiro atoms. The van der Waals surface area contributed by atoms with Crippen molar-refractivity contribution in [3.63, 3.8) is 0 Å². The third-order valence-corrected chi connectivity index (χ3v) is 1.69. The third kappa shape index (κ3) is 2.83. The molecular weight excluding hydrogens is 246 g/mol. The molecule has 0 fully saturated rings. The first-order valence-corrected chi connectivity index (χ1v) is 4.41. The van der Waals surface area contributed by atoms with Gasteiger partial charge in [0.05, 0.1) is 4.99 Å². The number of benzene rings is 1. The maximum absolute atomic E-state index is 12.5. The Hall–Kier alpha value is -0.540. The summed E-state index contributed by atoms with van der Waals surface area (Å²) in [4.78, 5) is 1.05. The fourth-order valence-electron chi connectivity index (χ4n) is 0.665. The van der Waals surface area contributed by atoms with Gasteiger partial charge in [-0.3, -0.25) is 0 Å². The molecule has 0 saturated heterocycles. The van der Waals surface area contributed by atoms with E-state index >= 15 is 0 Å². The van der Waals surface area contributed by atoms with Crippen LogP contribution in [0.2, 0.25) is 5.02 Å². The predicted molar refractivity (Wildman–Crippen MR) is 50.2 cm³/mol. The van der Waals surface area contributed by atoms with Gasteiger partial charge in [-0.25, -0.2) is 0 Å². The number of hydrogen-bond donors (Lipinski definition) is 0. The van der Waals surface area contributed by atoms with Crippen molar-refractivity contribution in [2.45, 2.75) is 0 Å². The molecule has 64 valence electrons. The van der Waals surface area contributed by atoms with Gasteiger partial charge in [0, 0.05) is 5.02 Å². The highest BCUT2D eigenvalue weighted by Crippen LogP contribution is 2.19. The van der Waals surface area contributed by atoms with Crippen molar-refractivity contribution in [3.05, 3.63) is 40.3 Å². The second kappa shape index (κ2) is 4.48. The molecule has 1 rings (SSSR count). The van der Waals surface area contributed by atoms with Crippen molar-refractivity contribution in [2.75, 3.05) is 0 Å². The molecule has 0 aliphatic rings. The lowest BCUT2D eigenvalue weighted by atomic mass is 10.3. The van der Waals surface area contributed by atoms with Crippen LogP contribution in [-0.2, 0) is 0 Å². The molecule has 0 N–H and O–H groups in total. The highest BCUT2D eigenvalue weighted by Gasteiger charge is 1.97. The molecule has 0 heterocycles. The van der Waals surface area contributed by atoms with Crippen LogP contribution in [0.5, 0.6) is 5.75 Å². The maximum Gasteiger partial charge on any atom is 0.285 e. The minimum absolute atomic E-state index is 0.371. The van der Waals surface area contributed by atoms with E-state index in [9.17, 15) is 4.39 Å². The van der Waals surface area contributed by atoms with Gasteiger partial charge in [-0.1, -0.05) is 33.6 Å². The summed E-state index contributed by atoms with van der Waals surface area (Å²) in [5.74, 6) is 0.371. The van der Waals surface area contributed by atoms with E-state index in [1.54, 1.807) is 18.2 Å². The van der Waals surface area contributed by atoms with Crippen LogP contribution in [0.4, 0.5) is 4.39 Å². The van der Waals surface area contributed by atoms with Gasteiger partial charge in [-0.2, -0.15) is 4.39 Å². The predicted octanol–water partition coefficient (Wildman–Crippen LogP) is 3.88. The molecule has 0 bridgehead atoms. The molecule has 0 aliphatic heterocycles. The van der Waals surface area contributed by atoms with Crippen molar-refractivity contribution >= 4 is 27.5 Å². The molecule has 0 aromatic heterocycles. The van der Waals surface area contributed by atoms with Crippen LogP contribution < -0.4 is 4.74 Å². The minimum atomic E-state index is -0.711. The SMILES string of the molecule is F/C(=C\Br)Oc1cccc(Cl)c1. The molecule has 0 radical (unpaired) electrons. The molecule has 12 heavy (non-hydrogen) atoms. The highest BCUT2D eigenvalue weighted by atomic mass is 79.9. The first-order chi connectivity index (χ1) is 5.72. The van der Waals surface area contributed by atoms with Gasteiger partial charge in [0.1, 0.15) is 5.75 Å². The standard InChI is InChI=1S/C8H5BrClFO/c9-5-8(11)12-7-3-1-2-6(10)4-7/h1-5H/b8-5+. The molecule has 0 unspecified atom stereocenters. The number of hydrogen-bond acceptors (Lipinski definition) is 1. The second-order valence-electron chi connectivity index (χ2n) is 1.97. The molecule has 1 nitrogen and oxygen atoms in total. The summed E-state index contributed by atoms with van der Waals surface area (Å²) in [5, 5.41) is 0.509. The largest absolute Gasteiger partial charge is 0.431 e. The maximum atomic E-state index is 12.5. The van der Waals surface area contributed by atoms with E-state index in [4.69, 9.17) is 16.3 Å². The van der Waals surface area contributed by atoms with Crippen LogP contribution in [0.15, 0.2) is 35.3 Å². The van der Waals surface area contributed by atoms with E-state index in [1.807, 2.05) is 0 Å². The lowest BCUT2D eigenvalue weighted by Crippen LogP contribution is -1.86. The quantitative estimate of drug-likeness (QED) is 0.725. The Morgan fingerprint density at radius 2 is 2.33 bits per heavy atom. The fraction of sp³-hybridized carbons (Fsp3) is 0. The van der Waals surface area contributed by atoms with E-state index in [1.165, 1.54) is 6.07 Å². The number of ether oxygens (including phenoxy) is 1. The van der Waals surface area contributed by atoms with Crippen LogP contribution in [0.3, 0.4) is 0 Å². The Kier molecular flexibility index (Phi) is 3.56. The summed E-state index contributed by atoms with van der Waals surface area (Å²) >= 11 is 8.43. The lowest BCUT2D eigenvalue weighted by molar-refractivity contribution is 0.304. The summed E-state index contributed by atoms with van der Waals surface area (Å²) in [6.45, 7) is 0. The van der Waals surface area contributed by atoms with Crippen LogP contribution >= 0.6 is 27.5 Å². The lowest BCUT2D eigenvalue weighted by Gasteiger charge is -2.00. The Labute approximate surface area is 82.9 Å². The Bertz CT molecular complexity index is 301. The van der Waals surface area contributed by atoms with Crippen molar-refractivity contribution in [1.82, 2.24) is 0 Å². The van der Waals surface area contributed by atoms with Gasteiger partial charge >= 0.3 is 0 Å². The van der Waals surface area contributed by atoms with Gasteiger partial charge < -0.3 is 4.74 Å². The molecular formula is C8H5BrClFO. The van der Waals surface area contributed by atoms with E-state index in [-0.39, 0.29) is 0 Å². The summed E-state index contributed by atoms with van der Waals surface area (Å²) in [7, 11) is 0. The average Bonchev–Trinajstić information content (AvgIpc) is 2.04. The molecule has 0 atom stereocenters. The molecule has 0 saturated carbocycles. The summed E-state index contributed by atoms with van der Waals surface area (Å²) < 4.78 is 17.2. The van der Waals surface area contributed by atoms with E-state index < -0.39 is 6.01 Å². The number of halogens is 3. The van der Waals surface area contributed by atoms with E-state index in [0.29, 0.717) is 10.8 Å². The monoisotopic (exact) mass is 250 g/mol. The third-order valence-electron chi connectivity index (χ3n) is 1.10. The second-order valence-corrected chi connectivity index (χ2v) is 2.87. The molecule has 0 amide bonds. The normalized spacial score (nSPS) is 11.4. The van der Waals surface area contributed by atoms with Gasteiger partial charge in [-0.05, 0) is 18.2 Å². The van der Waals surface area contributed by atoms with Crippen molar-refractivity contribution in [3.8, 4) is 5.75 Å². The minimum Gasteiger partial charge on any atom is -0.431 e. The zero-order chi connectivity index (χ0) is 8.97. The van der Waals surface area contributed by atoms with Crippen molar-refractivity contribution < 1.29 is 9.13 Å². The topological polar surface area (TPSA) is 9.23 Å². The first-order valence-electron chi connectivity index (χ1n) is 3.11. The van der Waals surface area contributed by atoms with Gasteiger partial charge in [0.2, 0.25) is 0 Å². The van der Waals surface area contributed by atoms with Crippen molar-refractivity contribution in [1.29, 1.82) is 0 Å². The molecule has 1 aromatic rings. The van der Waals surface area contributed by atoms with E-state index in [2.05, 4.69) is 15.9 Å². The summed E-state index contributed by atoms with van der Waals surface area (Å²) in [6, 6.07) is 5.79. The molecule has 0 aliphatic carbocycles. The zero-order valence-corrected chi connectivity index (χ0v) is 8.27. The van der Waals surface area contributed by atoms with Crippen LogP contribution in [-0.4, -0.2) is 0 Å². The summed E-state index contributed by atoms with van der Waals surface area (Å²) in [5.41, 5.74) is 0. The Morgan fingerprint density at radius 3 is 2.92 bits per heavy atom. The highest BCUT2D eigenvalue weighted by molar-refractivity contribution is 9.11. The van der Waals surface area contributed by atoms with Crippen LogP contribution in [0.25, 0.3) is 0 Å². The summed E-state index contributed by atoms with van der Waals surface area (Å²) in [6.07, 6.45) is 0. The van der Waals surface area contributed by atoms with Gasteiger partial charge in [0.25, 0.3) is 6.01 Å². The van der Waals surface area contributed by atoms with Crippen molar-refractivity contribution in [2.24, 2.45) is 0 Å². The molecule has 1 aromatic carbocycles. The van der Waals surface area contributed by atoms with Crippen LogP contribution in [0.1, 0.15) is 0 Å². The van der Waals surface area contributed by atoms with E-state index in [0.717, 1.165) is 4.99 Å². The average molecular weight is 251 g/mol. The van der Waals surface area contributed by atoms with Gasteiger partial charge in [-0.15, -0.1) is 0 Å².